The topological polar surface area (TPSA) is 79.5 Å². The summed E-state index contributed by atoms with van der Waals surface area (Å²) >= 11 is 0. The summed E-state index contributed by atoms with van der Waals surface area (Å²) in [6.45, 7) is 4.00. The van der Waals surface area contributed by atoms with Gasteiger partial charge in [-0.25, -0.2) is 10.2 Å². The maximum absolute atomic E-state index is 12.8. The summed E-state index contributed by atoms with van der Waals surface area (Å²) in [5.41, 5.74) is 8.51. The van der Waals surface area contributed by atoms with E-state index in [1.165, 1.54) is 0 Å². The minimum Gasteiger partial charge on any atom is -0.444 e. The van der Waals surface area contributed by atoms with Gasteiger partial charge >= 0.3 is 6.09 Å². The van der Waals surface area contributed by atoms with Crippen LogP contribution < -0.4 is 16.2 Å². The average molecular weight is 402 g/mol. The van der Waals surface area contributed by atoms with Crippen molar-refractivity contribution in [1.82, 2.24) is 10.9 Å². The summed E-state index contributed by atoms with van der Waals surface area (Å²) in [4.78, 5) is 24.9. The molecule has 30 heavy (non-hydrogen) atoms. The van der Waals surface area contributed by atoms with Crippen molar-refractivity contribution in [3.05, 3.63) is 109 Å². The molecule has 0 heterocycles. The second-order valence-electron chi connectivity index (χ2n) is 6.76. The van der Waals surface area contributed by atoms with E-state index in [-0.39, 0.29) is 12.5 Å². The lowest BCUT2D eigenvalue weighted by Gasteiger charge is -2.19. The third-order valence-corrected chi connectivity index (χ3v) is 4.35. The molecular formula is C24H24N3O3. The number of amides is 2. The van der Waals surface area contributed by atoms with Gasteiger partial charge in [0.1, 0.15) is 12.6 Å². The molecule has 2 amide bonds. The normalized spacial score (nSPS) is 11.4. The summed E-state index contributed by atoms with van der Waals surface area (Å²) in [5, 5.41) is 2.85. The van der Waals surface area contributed by atoms with Crippen molar-refractivity contribution in [1.29, 1.82) is 0 Å². The second kappa shape index (κ2) is 10.8. The van der Waals surface area contributed by atoms with Gasteiger partial charge in [-0.1, -0.05) is 72.8 Å². The average Bonchev–Trinajstić information content (AvgIpc) is 2.76. The highest BCUT2D eigenvalue weighted by molar-refractivity contribution is 5.95. The molecule has 0 bridgehead atoms. The van der Waals surface area contributed by atoms with Crippen LogP contribution >= 0.6 is 0 Å². The Kier molecular flexibility index (Phi) is 7.58. The van der Waals surface area contributed by atoms with Crippen LogP contribution in [0.2, 0.25) is 0 Å². The van der Waals surface area contributed by atoms with Crippen molar-refractivity contribution in [2.45, 2.75) is 19.1 Å². The van der Waals surface area contributed by atoms with E-state index in [2.05, 4.69) is 23.1 Å². The molecule has 0 saturated heterocycles. The van der Waals surface area contributed by atoms with Gasteiger partial charge < -0.3 is 10.1 Å². The van der Waals surface area contributed by atoms with E-state index in [0.717, 1.165) is 16.7 Å². The maximum Gasteiger partial charge on any atom is 0.421 e. The summed E-state index contributed by atoms with van der Waals surface area (Å²) in [5.74, 6) is -0.284. The number of anilines is 1. The molecule has 3 N–H and O–H groups in total. The van der Waals surface area contributed by atoms with E-state index in [0.29, 0.717) is 12.1 Å². The van der Waals surface area contributed by atoms with Gasteiger partial charge in [0.25, 0.3) is 0 Å². The lowest BCUT2D eigenvalue weighted by Crippen LogP contribution is -2.51. The minimum atomic E-state index is -0.704. The van der Waals surface area contributed by atoms with Crippen LogP contribution in [0.5, 0.6) is 0 Å². The smallest absolute Gasteiger partial charge is 0.421 e. The number of hydrazine groups is 1. The van der Waals surface area contributed by atoms with Gasteiger partial charge in [0, 0.05) is 5.69 Å². The standard InChI is InChI=1S/C24H24N3O3/c1-18-9-8-14-21(15-18)25-23(28)22(16-19-10-4-2-5-11-19)26-27-24(29)30-17-20-12-6-3-7-13-20/h2-15,22,26H,1,16-17H2,(H,25,28)(H,27,29)/t22-/m0/s1. The van der Waals surface area contributed by atoms with Crippen LogP contribution in [0.1, 0.15) is 16.7 Å². The zero-order valence-corrected chi connectivity index (χ0v) is 16.5. The monoisotopic (exact) mass is 402 g/mol. The quantitative estimate of drug-likeness (QED) is 0.500. The Bertz CT molecular complexity index is 962. The van der Waals surface area contributed by atoms with Crippen molar-refractivity contribution < 1.29 is 14.3 Å². The van der Waals surface area contributed by atoms with Gasteiger partial charge in [-0.05, 0) is 42.2 Å². The van der Waals surface area contributed by atoms with E-state index in [1.54, 1.807) is 12.1 Å². The molecule has 3 aromatic rings. The molecule has 3 rings (SSSR count). The minimum absolute atomic E-state index is 0.139. The fraction of sp³-hybridized carbons (Fsp3) is 0.125. The highest BCUT2D eigenvalue weighted by atomic mass is 16.6. The molecule has 6 nitrogen and oxygen atoms in total. The Morgan fingerprint density at radius 2 is 1.53 bits per heavy atom. The summed E-state index contributed by atoms with van der Waals surface area (Å²) < 4.78 is 5.19. The number of ether oxygens (including phenoxy) is 1. The van der Waals surface area contributed by atoms with Crippen molar-refractivity contribution in [3.63, 3.8) is 0 Å². The SMILES string of the molecule is [CH2]c1cccc(NC(=O)[C@H](Cc2ccccc2)NNC(=O)OCc2ccccc2)c1. The van der Waals surface area contributed by atoms with Crippen LogP contribution in [-0.2, 0) is 22.6 Å². The molecule has 0 aliphatic heterocycles. The third-order valence-electron chi connectivity index (χ3n) is 4.35. The summed E-state index contributed by atoms with van der Waals surface area (Å²) in [7, 11) is 0. The predicted octanol–water partition coefficient (Wildman–Crippen LogP) is 3.85. The Balaban J connectivity index is 1.60. The lowest BCUT2D eigenvalue weighted by atomic mass is 10.1. The molecular weight excluding hydrogens is 378 g/mol. The number of benzene rings is 3. The zero-order valence-electron chi connectivity index (χ0n) is 16.5. The van der Waals surface area contributed by atoms with E-state index < -0.39 is 12.1 Å². The largest absolute Gasteiger partial charge is 0.444 e. The number of carbonyl (C=O) groups excluding carboxylic acids is 2. The number of carbonyl (C=O) groups is 2. The number of nitrogens with one attached hydrogen (secondary N) is 3. The first-order valence-corrected chi connectivity index (χ1v) is 9.59. The predicted molar refractivity (Wildman–Crippen MR) is 116 cm³/mol. The van der Waals surface area contributed by atoms with Gasteiger partial charge in [-0.15, -0.1) is 0 Å². The fourth-order valence-corrected chi connectivity index (χ4v) is 2.84. The zero-order chi connectivity index (χ0) is 21.2. The van der Waals surface area contributed by atoms with Crippen LogP contribution in [0.4, 0.5) is 10.5 Å². The maximum atomic E-state index is 12.8. The van der Waals surface area contributed by atoms with Crippen molar-refractivity contribution in [3.8, 4) is 0 Å². The molecule has 0 aliphatic rings. The van der Waals surface area contributed by atoms with Crippen LogP contribution in [0.3, 0.4) is 0 Å². The number of hydrogen-bond acceptors (Lipinski definition) is 4. The van der Waals surface area contributed by atoms with Gasteiger partial charge in [0.15, 0.2) is 0 Å². The molecule has 0 unspecified atom stereocenters. The van der Waals surface area contributed by atoms with Crippen LogP contribution in [-0.4, -0.2) is 18.0 Å². The van der Waals surface area contributed by atoms with Crippen LogP contribution in [0.15, 0.2) is 84.9 Å². The Hall–Kier alpha value is -3.64. The van der Waals surface area contributed by atoms with Crippen molar-refractivity contribution in [2.75, 3.05) is 5.32 Å². The molecule has 6 heteroatoms. The molecule has 1 radical (unpaired) electrons. The van der Waals surface area contributed by atoms with Gasteiger partial charge in [0.05, 0.1) is 0 Å². The van der Waals surface area contributed by atoms with Crippen molar-refractivity contribution >= 4 is 17.7 Å². The number of rotatable bonds is 8. The Morgan fingerprint density at radius 1 is 0.867 bits per heavy atom. The van der Waals surface area contributed by atoms with Gasteiger partial charge in [-0.3, -0.25) is 10.2 Å². The summed E-state index contributed by atoms with van der Waals surface area (Å²) in [6, 6.07) is 25.4. The molecule has 3 aromatic carbocycles. The van der Waals surface area contributed by atoms with E-state index in [9.17, 15) is 9.59 Å². The molecule has 0 saturated carbocycles. The van der Waals surface area contributed by atoms with Gasteiger partial charge in [0.2, 0.25) is 5.91 Å². The van der Waals surface area contributed by atoms with Crippen molar-refractivity contribution in [2.24, 2.45) is 0 Å². The molecule has 153 valence electrons. The lowest BCUT2D eigenvalue weighted by molar-refractivity contribution is -0.118. The highest BCUT2D eigenvalue weighted by Crippen LogP contribution is 2.11. The van der Waals surface area contributed by atoms with E-state index in [1.807, 2.05) is 72.8 Å². The molecule has 0 spiro atoms. The second-order valence-corrected chi connectivity index (χ2v) is 6.76. The molecule has 0 fully saturated rings. The Labute approximate surface area is 176 Å². The number of hydrogen-bond donors (Lipinski definition) is 3. The fourth-order valence-electron chi connectivity index (χ4n) is 2.84. The first kappa shape index (κ1) is 21.1. The van der Waals surface area contributed by atoms with Crippen LogP contribution in [0.25, 0.3) is 0 Å². The summed E-state index contributed by atoms with van der Waals surface area (Å²) in [6.07, 6.45) is -0.278. The highest BCUT2D eigenvalue weighted by Gasteiger charge is 2.20. The van der Waals surface area contributed by atoms with E-state index >= 15 is 0 Å². The van der Waals surface area contributed by atoms with Gasteiger partial charge in [-0.2, -0.15) is 0 Å². The molecule has 0 aliphatic carbocycles. The first-order chi connectivity index (χ1) is 14.6. The van der Waals surface area contributed by atoms with Crippen LogP contribution in [0, 0.1) is 6.92 Å². The molecule has 0 aromatic heterocycles. The first-order valence-electron chi connectivity index (χ1n) is 9.59. The third kappa shape index (κ3) is 6.76. The molecule has 1 atom stereocenters. The van der Waals surface area contributed by atoms with E-state index in [4.69, 9.17) is 4.74 Å². The Morgan fingerprint density at radius 3 is 2.20 bits per heavy atom.